The molecule has 0 aliphatic heterocycles. The molecule has 4 heteroatoms. The van der Waals surface area contributed by atoms with Crippen molar-refractivity contribution in [1.29, 1.82) is 0 Å². The molecule has 1 aliphatic carbocycles. The minimum atomic E-state index is -0.819. The maximum Gasteiger partial charge on any atom is 0.311 e. The highest BCUT2D eigenvalue weighted by atomic mass is 16.4. The summed E-state index contributed by atoms with van der Waals surface area (Å²) in [5, 5.41) is 9.46. The second-order valence-corrected chi connectivity index (χ2v) is 4.89. The second-order valence-electron chi connectivity index (χ2n) is 4.89. The molecule has 2 rings (SSSR count). The zero-order valence-corrected chi connectivity index (χ0v) is 10.0. The van der Waals surface area contributed by atoms with Crippen molar-refractivity contribution in [1.82, 2.24) is 4.98 Å². The molecule has 1 atom stereocenters. The van der Waals surface area contributed by atoms with E-state index in [1.54, 1.807) is 0 Å². The molecule has 1 unspecified atom stereocenters. The smallest absolute Gasteiger partial charge is 0.311 e. The fourth-order valence-corrected chi connectivity index (χ4v) is 2.38. The first kappa shape index (κ1) is 12.0. The summed E-state index contributed by atoms with van der Waals surface area (Å²) < 4.78 is 0. The molecule has 3 N–H and O–H groups in total. The van der Waals surface area contributed by atoms with Gasteiger partial charge in [-0.3, -0.25) is 9.78 Å². The summed E-state index contributed by atoms with van der Waals surface area (Å²) in [7, 11) is 0. The fourth-order valence-electron chi connectivity index (χ4n) is 2.38. The summed E-state index contributed by atoms with van der Waals surface area (Å²) >= 11 is 0. The molecule has 1 aliphatic rings. The Labute approximate surface area is 101 Å². The first-order valence-corrected chi connectivity index (χ1v) is 5.94. The van der Waals surface area contributed by atoms with Gasteiger partial charge >= 0.3 is 5.97 Å². The second kappa shape index (κ2) is 4.45. The van der Waals surface area contributed by atoms with Crippen molar-refractivity contribution in [2.75, 3.05) is 6.54 Å². The van der Waals surface area contributed by atoms with Crippen LogP contribution in [0.1, 0.15) is 24.2 Å². The zero-order chi connectivity index (χ0) is 12.5. The van der Waals surface area contributed by atoms with E-state index < -0.39 is 11.4 Å². The van der Waals surface area contributed by atoms with Gasteiger partial charge in [-0.25, -0.2) is 0 Å². The van der Waals surface area contributed by atoms with E-state index in [2.05, 4.69) is 4.98 Å². The van der Waals surface area contributed by atoms with Crippen molar-refractivity contribution in [2.45, 2.75) is 26.2 Å². The molecule has 1 aromatic heterocycles. The Hall–Kier alpha value is -1.42. The summed E-state index contributed by atoms with van der Waals surface area (Å²) in [5.41, 5.74) is 6.64. The monoisotopic (exact) mass is 234 g/mol. The number of nitrogens with zero attached hydrogens (tertiary/aromatic N) is 1. The Balaban J connectivity index is 2.26. The Bertz CT molecular complexity index is 429. The van der Waals surface area contributed by atoms with Crippen LogP contribution in [0.5, 0.6) is 0 Å². The van der Waals surface area contributed by atoms with Crippen LogP contribution < -0.4 is 5.73 Å². The first-order chi connectivity index (χ1) is 8.08. The van der Waals surface area contributed by atoms with Crippen LogP contribution in [0.15, 0.2) is 18.2 Å². The van der Waals surface area contributed by atoms with Crippen LogP contribution in [-0.2, 0) is 11.2 Å². The molecule has 0 spiro atoms. The van der Waals surface area contributed by atoms with Crippen molar-refractivity contribution < 1.29 is 9.90 Å². The Morgan fingerprint density at radius 1 is 1.59 bits per heavy atom. The van der Waals surface area contributed by atoms with Gasteiger partial charge in [-0.15, -0.1) is 0 Å². The molecular weight excluding hydrogens is 216 g/mol. The summed E-state index contributed by atoms with van der Waals surface area (Å²) in [6.45, 7) is 2.09. The molecule has 1 saturated carbocycles. The van der Waals surface area contributed by atoms with E-state index in [0.717, 1.165) is 24.2 Å². The number of nitrogens with two attached hydrogens (primary N) is 1. The lowest BCUT2D eigenvalue weighted by Crippen LogP contribution is -2.42. The summed E-state index contributed by atoms with van der Waals surface area (Å²) in [6.07, 6.45) is 2.37. The molecule has 1 aromatic rings. The largest absolute Gasteiger partial charge is 0.481 e. The summed E-state index contributed by atoms with van der Waals surface area (Å²) in [6, 6.07) is 5.70. The first-order valence-electron chi connectivity index (χ1n) is 5.94. The highest BCUT2D eigenvalue weighted by Gasteiger charge is 2.50. The van der Waals surface area contributed by atoms with Crippen molar-refractivity contribution in [3.63, 3.8) is 0 Å². The number of pyridine rings is 1. The molecule has 0 bridgehead atoms. The minimum Gasteiger partial charge on any atom is -0.481 e. The summed E-state index contributed by atoms with van der Waals surface area (Å²) in [5.74, 6) is -0.571. The molecule has 4 nitrogen and oxygen atoms in total. The van der Waals surface area contributed by atoms with Crippen LogP contribution in [0.2, 0.25) is 0 Å². The minimum absolute atomic E-state index is 0.183. The lowest BCUT2D eigenvalue weighted by Gasteiger charge is -2.27. The molecule has 1 heterocycles. The van der Waals surface area contributed by atoms with Crippen LogP contribution in [-0.4, -0.2) is 22.6 Å². The Morgan fingerprint density at radius 3 is 2.76 bits per heavy atom. The number of carboxylic acid groups (broad SMARTS) is 1. The topological polar surface area (TPSA) is 76.2 Å². The van der Waals surface area contributed by atoms with Crippen LogP contribution >= 0.6 is 0 Å². The molecular formula is C13H18N2O2. The van der Waals surface area contributed by atoms with E-state index in [9.17, 15) is 9.90 Å². The van der Waals surface area contributed by atoms with Crippen LogP contribution in [0.3, 0.4) is 0 Å². The Morgan fingerprint density at radius 2 is 2.29 bits per heavy atom. The third-order valence-electron chi connectivity index (χ3n) is 3.59. The number of aliphatic carboxylic acids is 1. The van der Waals surface area contributed by atoms with Crippen LogP contribution in [0.4, 0.5) is 0 Å². The third-order valence-corrected chi connectivity index (χ3v) is 3.59. The van der Waals surface area contributed by atoms with E-state index in [-0.39, 0.29) is 12.5 Å². The van der Waals surface area contributed by atoms with Crippen LogP contribution in [0.25, 0.3) is 0 Å². The van der Waals surface area contributed by atoms with Gasteiger partial charge in [0, 0.05) is 24.4 Å². The molecule has 0 radical (unpaired) electrons. The third kappa shape index (κ3) is 2.31. The number of aryl methyl sites for hydroxylation is 1. The van der Waals surface area contributed by atoms with Gasteiger partial charge in [0.25, 0.3) is 0 Å². The molecule has 1 fully saturated rings. The van der Waals surface area contributed by atoms with Crippen molar-refractivity contribution in [2.24, 2.45) is 17.1 Å². The van der Waals surface area contributed by atoms with E-state index in [4.69, 9.17) is 5.73 Å². The number of carboxylic acids is 1. The van der Waals surface area contributed by atoms with Gasteiger partial charge in [0.1, 0.15) is 0 Å². The van der Waals surface area contributed by atoms with Gasteiger partial charge in [-0.1, -0.05) is 6.07 Å². The van der Waals surface area contributed by atoms with Gasteiger partial charge in [-0.2, -0.15) is 0 Å². The number of aromatic nitrogens is 1. The highest BCUT2D eigenvalue weighted by Crippen LogP contribution is 2.47. The van der Waals surface area contributed by atoms with E-state index >= 15 is 0 Å². The van der Waals surface area contributed by atoms with Gasteiger partial charge in [-0.05, 0) is 37.8 Å². The number of rotatable bonds is 5. The highest BCUT2D eigenvalue weighted by molar-refractivity contribution is 5.76. The predicted molar refractivity (Wildman–Crippen MR) is 64.5 cm³/mol. The maximum atomic E-state index is 11.5. The molecule has 0 aromatic carbocycles. The molecule has 0 saturated heterocycles. The normalized spacial score (nSPS) is 18.7. The molecule has 17 heavy (non-hydrogen) atoms. The van der Waals surface area contributed by atoms with Crippen molar-refractivity contribution >= 4 is 5.97 Å². The summed E-state index contributed by atoms with van der Waals surface area (Å²) in [4.78, 5) is 15.9. The molecule has 0 amide bonds. The Kier molecular flexibility index (Phi) is 3.15. The van der Waals surface area contributed by atoms with E-state index in [1.165, 1.54) is 0 Å². The lowest BCUT2D eigenvalue weighted by atomic mass is 9.78. The SMILES string of the molecule is Cc1cccc(CC(CN)(C(=O)O)C2CC2)n1. The quantitative estimate of drug-likeness (QED) is 0.806. The number of carbonyl (C=O) groups is 1. The lowest BCUT2D eigenvalue weighted by molar-refractivity contribution is -0.149. The number of hydrogen-bond donors (Lipinski definition) is 2. The van der Waals surface area contributed by atoms with E-state index in [1.807, 2.05) is 25.1 Å². The maximum absolute atomic E-state index is 11.5. The predicted octanol–water partition coefficient (Wildman–Crippen LogP) is 1.37. The number of hydrogen-bond acceptors (Lipinski definition) is 3. The zero-order valence-electron chi connectivity index (χ0n) is 10.0. The van der Waals surface area contributed by atoms with Crippen molar-refractivity contribution in [3.05, 3.63) is 29.6 Å². The van der Waals surface area contributed by atoms with Gasteiger partial charge in [0.05, 0.1) is 5.41 Å². The van der Waals surface area contributed by atoms with Crippen molar-refractivity contribution in [3.8, 4) is 0 Å². The standard InChI is InChI=1S/C13H18N2O2/c1-9-3-2-4-11(15-9)7-13(8-14,12(16)17)10-5-6-10/h2-4,10H,5-8,14H2,1H3,(H,16,17). The van der Waals surface area contributed by atoms with Gasteiger partial charge < -0.3 is 10.8 Å². The average molecular weight is 234 g/mol. The molecule has 92 valence electrons. The average Bonchev–Trinajstić information content (AvgIpc) is 3.09. The fraction of sp³-hybridized carbons (Fsp3) is 0.538. The van der Waals surface area contributed by atoms with Gasteiger partial charge in [0.2, 0.25) is 0 Å². The van der Waals surface area contributed by atoms with E-state index in [0.29, 0.717) is 6.42 Å². The van der Waals surface area contributed by atoms with Crippen LogP contribution in [0, 0.1) is 18.3 Å². The van der Waals surface area contributed by atoms with Gasteiger partial charge in [0.15, 0.2) is 0 Å².